The molecule has 3 aliphatic rings. The lowest BCUT2D eigenvalue weighted by molar-refractivity contribution is -0.139. The molecule has 33 heavy (non-hydrogen) atoms. The van der Waals surface area contributed by atoms with Crippen molar-refractivity contribution < 1.29 is 17.9 Å². The maximum absolute atomic E-state index is 13.7. The normalized spacial score (nSPS) is 23.8. The zero-order chi connectivity index (χ0) is 22.8. The SMILES string of the molecule is O=C(C1CCCN(C2=NS(=O)(=O)c3ccccc32)C1)N(Cc1cccnc1)CC1CCCO1. The van der Waals surface area contributed by atoms with Crippen LogP contribution >= 0.6 is 0 Å². The molecule has 0 spiro atoms. The van der Waals surface area contributed by atoms with E-state index < -0.39 is 10.0 Å². The number of piperidine rings is 1. The number of fused-ring (bicyclic) bond motifs is 1. The molecular weight excluding hydrogens is 440 g/mol. The molecule has 0 bridgehead atoms. The topological polar surface area (TPSA) is 92.2 Å². The molecule has 0 aliphatic carbocycles. The van der Waals surface area contributed by atoms with Gasteiger partial charge in [-0.2, -0.15) is 8.42 Å². The van der Waals surface area contributed by atoms with Crippen LogP contribution in [0.25, 0.3) is 0 Å². The monoisotopic (exact) mass is 468 g/mol. The van der Waals surface area contributed by atoms with E-state index in [0.717, 1.165) is 37.9 Å². The van der Waals surface area contributed by atoms with Gasteiger partial charge in [-0.3, -0.25) is 9.78 Å². The van der Waals surface area contributed by atoms with Gasteiger partial charge < -0.3 is 14.5 Å². The highest BCUT2D eigenvalue weighted by Gasteiger charge is 2.36. The molecule has 3 aliphatic heterocycles. The zero-order valence-electron chi connectivity index (χ0n) is 18.5. The fourth-order valence-electron chi connectivity index (χ4n) is 4.92. The molecule has 2 fully saturated rings. The lowest BCUT2D eigenvalue weighted by Gasteiger charge is -2.36. The molecule has 1 amide bonds. The Balaban J connectivity index is 1.35. The number of nitrogens with zero attached hydrogens (tertiary/aromatic N) is 4. The van der Waals surface area contributed by atoms with E-state index in [2.05, 4.69) is 9.38 Å². The number of hydrogen-bond acceptors (Lipinski definition) is 6. The minimum absolute atomic E-state index is 0.0570. The Morgan fingerprint density at radius 2 is 2.03 bits per heavy atom. The second-order valence-corrected chi connectivity index (χ2v) is 10.5. The number of likely N-dealkylation sites (tertiary alicyclic amines) is 1. The molecule has 2 saturated heterocycles. The Morgan fingerprint density at radius 3 is 2.82 bits per heavy atom. The van der Waals surface area contributed by atoms with Crippen molar-refractivity contribution in [2.75, 3.05) is 26.2 Å². The van der Waals surface area contributed by atoms with Gasteiger partial charge in [-0.15, -0.1) is 4.40 Å². The van der Waals surface area contributed by atoms with Crippen molar-refractivity contribution in [3.05, 3.63) is 59.9 Å². The van der Waals surface area contributed by atoms with Crippen molar-refractivity contribution in [3.63, 3.8) is 0 Å². The van der Waals surface area contributed by atoms with E-state index in [1.807, 2.05) is 28.0 Å². The number of carbonyl (C=O) groups is 1. The van der Waals surface area contributed by atoms with Crippen LogP contribution in [0.1, 0.15) is 36.8 Å². The highest BCUT2D eigenvalue weighted by molar-refractivity contribution is 7.90. The molecule has 1 aromatic carbocycles. The van der Waals surface area contributed by atoms with Gasteiger partial charge in [0.25, 0.3) is 10.0 Å². The molecule has 0 saturated carbocycles. The third-order valence-corrected chi connectivity index (χ3v) is 7.86. The Labute approximate surface area is 194 Å². The van der Waals surface area contributed by atoms with Gasteiger partial charge in [-0.25, -0.2) is 0 Å². The van der Waals surface area contributed by atoms with E-state index >= 15 is 0 Å². The summed E-state index contributed by atoms with van der Waals surface area (Å²) in [5.41, 5.74) is 1.61. The second-order valence-electron chi connectivity index (χ2n) is 8.89. The highest BCUT2D eigenvalue weighted by atomic mass is 32.2. The summed E-state index contributed by atoms with van der Waals surface area (Å²) in [5.74, 6) is 0.310. The number of pyridine rings is 1. The lowest BCUT2D eigenvalue weighted by atomic mass is 9.95. The summed E-state index contributed by atoms with van der Waals surface area (Å²) in [7, 11) is -3.69. The Kier molecular flexibility index (Phi) is 6.16. The highest BCUT2D eigenvalue weighted by Crippen LogP contribution is 2.30. The van der Waals surface area contributed by atoms with Gasteiger partial charge in [0.1, 0.15) is 4.90 Å². The number of ether oxygens (including phenoxy) is 1. The first kappa shape index (κ1) is 22.0. The molecule has 2 atom stereocenters. The van der Waals surface area contributed by atoms with Crippen LogP contribution in [0.3, 0.4) is 0 Å². The van der Waals surface area contributed by atoms with Crippen molar-refractivity contribution in [3.8, 4) is 0 Å². The number of sulfonamides is 1. The van der Waals surface area contributed by atoms with E-state index in [9.17, 15) is 13.2 Å². The molecule has 9 heteroatoms. The van der Waals surface area contributed by atoms with Crippen LogP contribution in [-0.2, 0) is 26.1 Å². The molecule has 174 valence electrons. The summed E-state index contributed by atoms with van der Waals surface area (Å²) in [4.78, 5) is 22.0. The van der Waals surface area contributed by atoms with Crippen LogP contribution < -0.4 is 0 Å². The first-order chi connectivity index (χ1) is 16.0. The smallest absolute Gasteiger partial charge is 0.285 e. The number of amides is 1. The number of hydrogen-bond donors (Lipinski definition) is 0. The molecule has 4 heterocycles. The summed E-state index contributed by atoms with van der Waals surface area (Å²) in [6.07, 6.45) is 7.12. The van der Waals surface area contributed by atoms with Crippen LogP contribution in [0, 0.1) is 5.92 Å². The van der Waals surface area contributed by atoms with Crippen LogP contribution in [0.2, 0.25) is 0 Å². The minimum atomic E-state index is -3.69. The molecule has 1 aromatic heterocycles. The first-order valence-corrected chi connectivity index (χ1v) is 12.9. The predicted octanol–water partition coefficient (Wildman–Crippen LogP) is 2.45. The number of rotatable bonds is 5. The van der Waals surface area contributed by atoms with Gasteiger partial charge in [-0.1, -0.05) is 18.2 Å². The Bertz CT molecular complexity index is 1150. The van der Waals surface area contributed by atoms with Gasteiger partial charge in [0.05, 0.1) is 12.0 Å². The fraction of sp³-hybridized carbons (Fsp3) is 0.458. The lowest BCUT2D eigenvalue weighted by Crippen LogP contribution is -2.48. The summed E-state index contributed by atoms with van der Waals surface area (Å²) in [6, 6.07) is 10.8. The fourth-order valence-corrected chi connectivity index (χ4v) is 6.15. The average molecular weight is 469 g/mol. The standard InChI is InChI=1S/C24H28N4O4S/c29-24(28(17-20-8-5-13-32-20)15-18-6-3-11-25-14-18)19-7-4-12-27(16-19)23-21-9-1-2-10-22(21)33(30,31)26-23/h1-3,6,9-11,14,19-20H,4-5,7-8,12-13,15-17H2. The van der Waals surface area contributed by atoms with Crippen molar-refractivity contribution in [2.45, 2.75) is 43.2 Å². The quantitative estimate of drug-likeness (QED) is 0.669. The second kappa shape index (κ2) is 9.23. The molecule has 0 radical (unpaired) electrons. The maximum Gasteiger partial charge on any atom is 0.285 e. The van der Waals surface area contributed by atoms with E-state index in [0.29, 0.717) is 37.6 Å². The maximum atomic E-state index is 13.7. The predicted molar refractivity (Wildman–Crippen MR) is 123 cm³/mol. The minimum Gasteiger partial charge on any atom is -0.376 e. The molecule has 8 nitrogen and oxygen atoms in total. The number of carbonyl (C=O) groups excluding carboxylic acids is 1. The van der Waals surface area contributed by atoms with Crippen molar-refractivity contribution in [1.29, 1.82) is 0 Å². The van der Waals surface area contributed by atoms with Gasteiger partial charge >= 0.3 is 0 Å². The van der Waals surface area contributed by atoms with Gasteiger partial charge in [0.2, 0.25) is 5.91 Å². The van der Waals surface area contributed by atoms with Gasteiger partial charge in [0.15, 0.2) is 5.84 Å². The number of benzene rings is 1. The van der Waals surface area contributed by atoms with Crippen LogP contribution in [0.5, 0.6) is 0 Å². The number of aromatic nitrogens is 1. The van der Waals surface area contributed by atoms with Crippen molar-refractivity contribution >= 4 is 21.8 Å². The van der Waals surface area contributed by atoms with Gasteiger partial charge in [-0.05, 0) is 49.4 Å². The van der Waals surface area contributed by atoms with E-state index in [1.165, 1.54) is 0 Å². The molecule has 0 N–H and O–H groups in total. The van der Waals surface area contributed by atoms with Crippen LogP contribution in [0.4, 0.5) is 0 Å². The van der Waals surface area contributed by atoms with Gasteiger partial charge in [0, 0.05) is 50.7 Å². The summed E-state index contributed by atoms with van der Waals surface area (Å²) < 4.78 is 34.9. The summed E-state index contributed by atoms with van der Waals surface area (Å²) in [6.45, 7) is 2.92. The zero-order valence-corrected chi connectivity index (χ0v) is 19.3. The van der Waals surface area contributed by atoms with E-state index in [1.54, 1.807) is 30.6 Å². The van der Waals surface area contributed by atoms with Crippen molar-refractivity contribution in [1.82, 2.24) is 14.8 Å². The molecule has 2 unspecified atom stereocenters. The average Bonchev–Trinajstić information content (AvgIpc) is 3.45. The van der Waals surface area contributed by atoms with Crippen LogP contribution in [0.15, 0.2) is 58.1 Å². The molecule has 5 rings (SSSR count). The van der Waals surface area contributed by atoms with Crippen molar-refractivity contribution in [2.24, 2.45) is 10.3 Å². The van der Waals surface area contributed by atoms with E-state index in [4.69, 9.17) is 4.74 Å². The molecule has 2 aromatic rings. The largest absolute Gasteiger partial charge is 0.376 e. The van der Waals surface area contributed by atoms with E-state index in [-0.39, 0.29) is 22.8 Å². The first-order valence-electron chi connectivity index (χ1n) is 11.5. The Hall–Kier alpha value is -2.78. The summed E-state index contributed by atoms with van der Waals surface area (Å²) >= 11 is 0. The molecular formula is C24H28N4O4S. The van der Waals surface area contributed by atoms with Crippen LogP contribution in [-0.4, -0.2) is 67.3 Å². The number of amidine groups is 1. The summed E-state index contributed by atoms with van der Waals surface area (Å²) in [5, 5.41) is 0. The third-order valence-electron chi connectivity index (χ3n) is 6.54. The third kappa shape index (κ3) is 4.65. The Morgan fingerprint density at radius 1 is 1.15 bits per heavy atom.